The zero-order chi connectivity index (χ0) is 17.8. The first-order valence-corrected chi connectivity index (χ1v) is 8.20. The summed E-state index contributed by atoms with van der Waals surface area (Å²) in [4.78, 5) is 34.6. The smallest absolute Gasteiger partial charge is 0.328 e. The molecule has 1 aromatic rings. The van der Waals surface area contributed by atoms with Crippen LogP contribution in [0.2, 0.25) is 5.15 Å². The third-order valence-corrected chi connectivity index (χ3v) is 4.50. The number of nitrogens with zero attached hydrogens (tertiary/aromatic N) is 2. The van der Waals surface area contributed by atoms with E-state index in [1.165, 1.54) is 6.20 Å². The fourth-order valence-electron chi connectivity index (χ4n) is 3.05. The molecule has 8 heteroatoms. The maximum absolute atomic E-state index is 13.0. The molecule has 0 bridgehead atoms. The first-order valence-electron chi connectivity index (χ1n) is 7.82. The van der Waals surface area contributed by atoms with E-state index >= 15 is 0 Å². The molecule has 130 valence electrons. The summed E-state index contributed by atoms with van der Waals surface area (Å²) >= 11 is 6.01. The Morgan fingerprint density at radius 2 is 2.08 bits per heavy atom. The molecule has 0 radical (unpaired) electrons. The number of amides is 1. The van der Waals surface area contributed by atoms with E-state index in [-0.39, 0.29) is 30.5 Å². The quantitative estimate of drug-likeness (QED) is 0.639. The highest BCUT2D eigenvalue weighted by Gasteiger charge is 2.61. The monoisotopic (exact) mass is 353 g/mol. The number of fused-ring (bicyclic) bond motifs is 2. The predicted octanol–water partition coefficient (Wildman–Crippen LogP) is 1.47. The van der Waals surface area contributed by atoms with Gasteiger partial charge in [0.2, 0.25) is 5.91 Å². The molecule has 3 rings (SSSR count). The zero-order valence-electron chi connectivity index (χ0n) is 14.1. The van der Waals surface area contributed by atoms with Crippen molar-refractivity contribution in [1.82, 2.24) is 15.3 Å². The SMILES string of the molecule is CCC1(C(=O)OC(C)(C)C)C(=O)NC2(COC2)c2ncc(Cl)nc21. The van der Waals surface area contributed by atoms with Crippen molar-refractivity contribution < 1.29 is 19.1 Å². The number of carbonyl (C=O) groups is 2. The highest BCUT2D eigenvalue weighted by Crippen LogP contribution is 2.43. The highest BCUT2D eigenvalue weighted by molar-refractivity contribution is 6.29. The van der Waals surface area contributed by atoms with Crippen LogP contribution in [0.4, 0.5) is 0 Å². The normalized spacial score (nSPS) is 24.8. The van der Waals surface area contributed by atoms with Crippen LogP contribution < -0.4 is 5.32 Å². The van der Waals surface area contributed by atoms with Gasteiger partial charge >= 0.3 is 5.97 Å². The van der Waals surface area contributed by atoms with E-state index in [2.05, 4.69) is 15.3 Å². The fraction of sp³-hybridized carbons (Fsp3) is 0.625. The van der Waals surface area contributed by atoms with E-state index in [1.807, 2.05) is 0 Å². The van der Waals surface area contributed by atoms with Crippen LogP contribution in [0.5, 0.6) is 0 Å². The zero-order valence-corrected chi connectivity index (χ0v) is 14.9. The Balaban J connectivity index is 2.19. The van der Waals surface area contributed by atoms with Gasteiger partial charge in [0.1, 0.15) is 16.3 Å². The molecule has 2 aliphatic heterocycles. The molecular formula is C16H20ClN3O4. The molecule has 7 nitrogen and oxygen atoms in total. The number of ether oxygens (including phenoxy) is 2. The number of halogens is 1. The van der Waals surface area contributed by atoms with Gasteiger partial charge in [-0.2, -0.15) is 0 Å². The molecule has 1 N–H and O–H groups in total. The van der Waals surface area contributed by atoms with Crippen LogP contribution >= 0.6 is 11.6 Å². The van der Waals surface area contributed by atoms with Gasteiger partial charge in [-0.05, 0) is 27.2 Å². The van der Waals surface area contributed by atoms with Crippen LogP contribution in [0, 0.1) is 0 Å². The third kappa shape index (κ3) is 2.38. The lowest BCUT2D eigenvalue weighted by Gasteiger charge is -2.48. The summed E-state index contributed by atoms with van der Waals surface area (Å²) < 4.78 is 10.8. The maximum Gasteiger partial charge on any atom is 0.328 e. The van der Waals surface area contributed by atoms with Crippen LogP contribution in [-0.2, 0) is 30.0 Å². The van der Waals surface area contributed by atoms with Gasteiger partial charge in [0.05, 0.1) is 30.8 Å². The largest absolute Gasteiger partial charge is 0.459 e. The van der Waals surface area contributed by atoms with Crippen molar-refractivity contribution in [3.05, 3.63) is 22.7 Å². The summed E-state index contributed by atoms with van der Waals surface area (Å²) in [5, 5.41) is 3.03. The van der Waals surface area contributed by atoms with Crippen molar-refractivity contribution in [3.8, 4) is 0 Å². The van der Waals surface area contributed by atoms with E-state index in [9.17, 15) is 9.59 Å². The molecule has 2 aliphatic rings. The highest BCUT2D eigenvalue weighted by atomic mass is 35.5. The number of hydrogen-bond acceptors (Lipinski definition) is 6. The topological polar surface area (TPSA) is 90.4 Å². The summed E-state index contributed by atoms with van der Waals surface area (Å²) in [5.74, 6) is -1.10. The molecule has 0 aliphatic carbocycles. The summed E-state index contributed by atoms with van der Waals surface area (Å²) in [6.07, 6.45) is 1.60. The van der Waals surface area contributed by atoms with E-state index < -0.39 is 28.4 Å². The molecule has 0 saturated carbocycles. The Kier molecular flexibility index (Phi) is 3.84. The molecule has 1 unspecified atom stereocenters. The van der Waals surface area contributed by atoms with E-state index in [0.717, 1.165) is 0 Å². The maximum atomic E-state index is 13.0. The summed E-state index contributed by atoms with van der Waals surface area (Å²) in [5.41, 5.74) is -2.27. The minimum absolute atomic E-state index is 0.125. The molecule has 1 amide bonds. The molecular weight excluding hydrogens is 334 g/mol. The van der Waals surface area contributed by atoms with Crippen molar-refractivity contribution >= 4 is 23.5 Å². The van der Waals surface area contributed by atoms with Crippen LogP contribution in [0.15, 0.2) is 6.20 Å². The van der Waals surface area contributed by atoms with Gasteiger partial charge in [-0.15, -0.1) is 0 Å². The van der Waals surface area contributed by atoms with Crippen molar-refractivity contribution in [2.24, 2.45) is 0 Å². The van der Waals surface area contributed by atoms with Gasteiger partial charge in [-0.1, -0.05) is 18.5 Å². The number of esters is 1. The third-order valence-electron chi connectivity index (χ3n) is 4.32. The molecule has 1 saturated heterocycles. The lowest BCUT2D eigenvalue weighted by molar-refractivity contribution is -0.170. The minimum atomic E-state index is -1.57. The Labute approximate surface area is 145 Å². The number of aromatic nitrogens is 2. The van der Waals surface area contributed by atoms with Crippen LogP contribution in [-0.4, -0.2) is 40.7 Å². The first-order chi connectivity index (χ1) is 11.1. The molecule has 24 heavy (non-hydrogen) atoms. The van der Waals surface area contributed by atoms with Crippen LogP contribution in [0.1, 0.15) is 45.5 Å². The van der Waals surface area contributed by atoms with E-state index in [0.29, 0.717) is 5.69 Å². The van der Waals surface area contributed by atoms with Crippen LogP contribution in [0.25, 0.3) is 0 Å². The number of rotatable bonds is 2. The van der Waals surface area contributed by atoms with Gasteiger partial charge in [0.15, 0.2) is 5.41 Å². The van der Waals surface area contributed by atoms with Gasteiger partial charge in [-0.3, -0.25) is 14.6 Å². The second-order valence-corrected chi connectivity index (χ2v) is 7.57. The number of hydrogen-bond donors (Lipinski definition) is 1. The molecule has 0 aromatic carbocycles. The average Bonchev–Trinajstić information content (AvgIpc) is 2.43. The molecule has 1 atom stereocenters. The first kappa shape index (κ1) is 17.1. The Morgan fingerprint density at radius 1 is 1.42 bits per heavy atom. The van der Waals surface area contributed by atoms with Crippen molar-refractivity contribution in [3.63, 3.8) is 0 Å². The Morgan fingerprint density at radius 3 is 2.58 bits per heavy atom. The van der Waals surface area contributed by atoms with Crippen molar-refractivity contribution in [2.75, 3.05) is 13.2 Å². The Bertz CT molecular complexity index is 712. The lowest BCUT2D eigenvalue weighted by atomic mass is 9.71. The predicted molar refractivity (Wildman–Crippen MR) is 85.5 cm³/mol. The number of carbonyl (C=O) groups excluding carboxylic acids is 2. The summed E-state index contributed by atoms with van der Waals surface area (Å²) in [6.45, 7) is 7.57. The van der Waals surface area contributed by atoms with E-state index in [1.54, 1.807) is 27.7 Å². The standard InChI is InChI=1S/C16H20ClN3O4/c1-5-16(13(22)24-14(2,3)4)11-10(18-6-9(17)19-11)15(7-23-8-15)20-12(16)21/h6H,5,7-8H2,1-4H3,(H,20,21). The van der Waals surface area contributed by atoms with Gasteiger partial charge < -0.3 is 14.8 Å². The second kappa shape index (κ2) is 5.39. The fourth-order valence-corrected chi connectivity index (χ4v) is 3.18. The average molecular weight is 354 g/mol. The summed E-state index contributed by atoms with van der Waals surface area (Å²) in [7, 11) is 0. The van der Waals surface area contributed by atoms with Crippen LogP contribution in [0.3, 0.4) is 0 Å². The van der Waals surface area contributed by atoms with Gasteiger partial charge in [-0.25, -0.2) is 4.98 Å². The van der Waals surface area contributed by atoms with E-state index in [4.69, 9.17) is 21.1 Å². The molecule has 1 fully saturated rings. The minimum Gasteiger partial charge on any atom is -0.459 e. The molecule has 3 heterocycles. The summed E-state index contributed by atoms with van der Waals surface area (Å²) in [6, 6.07) is 0. The van der Waals surface area contributed by atoms with Crippen molar-refractivity contribution in [2.45, 2.75) is 50.7 Å². The molecule has 1 aromatic heterocycles. The second-order valence-electron chi connectivity index (χ2n) is 7.18. The van der Waals surface area contributed by atoms with Gasteiger partial charge in [0, 0.05) is 0 Å². The Hall–Kier alpha value is -1.73. The van der Waals surface area contributed by atoms with Crippen molar-refractivity contribution in [1.29, 1.82) is 0 Å². The lowest BCUT2D eigenvalue weighted by Crippen LogP contribution is -2.69. The molecule has 1 spiro atoms. The number of nitrogens with one attached hydrogen (secondary N) is 1. The van der Waals surface area contributed by atoms with Gasteiger partial charge in [0.25, 0.3) is 0 Å².